The van der Waals surface area contributed by atoms with Crippen molar-refractivity contribution in [3.63, 3.8) is 0 Å². The quantitative estimate of drug-likeness (QED) is 0.828. The molecule has 146 valence electrons. The summed E-state index contributed by atoms with van der Waals surface area (Å²) >= 11 is 0. The molecule has 3 rings (SSSR count). The normalized spacial score (nSPS) is 19.8. The second-order valence-electron chi connectivity index (χ2n) is 7.39. The molecule has 6 heteroatoms. The molecule has 2 heterocycles. The fourth-order valence-electron chi connectivity index (χ4n) is 3.92. The molecule has 6 nitrogen and oxygen atoms in total. The van der Waals surface area contributed by atoms with Crippen LogP contribution in [0.25, 0.3) is 0 Å². The van der Waals surface area contributed by atoms with Gasteiger partial charge in [-0.15, -0.1) is 0 Å². The van der Waals surface area contributed by atoms with Gasteiger partial charge in [-0.1, -0.05) is 30.3 Å². The summed E-state index contributed by atoms with van der Waals surface area (Å²) in [4.78, 5) is 40.9. The summed E-state index contributed by atoms with van der Waals surface area (Å²) in [5.74, 6) is -0.0398. The fraction of sp³-hybridized carbons (Fsp3) is 0.571. The summed E-state index contributed by atoms with van der Waals surface area (Å²) in [6.45, 7) is 2.62. The Balaban J connectivity index is 1.45. The van der Waals surface area contributed by atoms with Crippen LogP contribution in [0.3, 0.4) is 0 Å². The number of hydrogen-bond acceptors (Lipinski definition) is 3. The lowest BCUT2D eigenvalue weighted by atomic mass is 10.1. The van der Waals surface area contributed by atoms with Crippen molar-refractivity contribution < 1.29 is 14.4 Å². The second-order valence-corrected chi connectivity index (χ2v) is 7.39. The molecule has 2 fully saturated rings. The van der Waals surface area contributed by atoms with Crippen LogP contribution in [-0.2, 0) is 20.8 Å². The summed E-state index contributed by atoms with van der Waals surface area (Å²) < 4.78 is 0. The first-order chi connectivity index (χ1) is 13.1. The van der Waals surface area contributed by atoms with Gasteiger partial charge in [0.25, 0.3) is 0 Å². The number of rotatable bonds is 6. The van der Waals surface area contributed by atoms with Crippen LogP contribution in [0.1, 0.15) is 44.1 Å². The maximum Gasteiger partial charge on any atom is 0.242 e. The molecule has 2 aliphatic rings. The minimum Gasteiger partial charge on any atom is -0.354 e. The van der Waals surface area contributed by atoms with Gasteiger partial charge in [-0.25, -0.2) is 0 Å². The van der Waals surface area contributed by atoms with Gasteiger partial charge in [-0.05, 0) is 37.7 Å². The first-order valence-corrected chi connectivity index (χ1v) is 10.0. The highest BCUT2D eigenvalue weighted by atomic mass is 16.2. The molecule has 1 N–H and O–H groups in total. The van der Waals surface area contributed by atoms with Crippen molar-refractivity contribution in [2.75, 3.05) is 26.2 Å². The van der Waals surface area contributed by atoms with Crippen molar-refractivity contribution in [3.8, 4) is 0 Å². The molecule has 2 saturated heterocycles. The number of nitrogens with one attached hydrogen (secondary N) is 1. The number of hydrogen-bond donors (Lipinski definition) is 1. The van der Waals surface area contributed by atoms with Crippen molar-refractivity contribution in [2.24, 2.45) is 0 Å². The third-order valence-electron chi connectivity index (χ3n) is 5.42. The summed E-state index contributed by atoms with van der Waals surface area (Å²) in [6.07, 6.45) is 5.50. The minimum atomic E-state index is -0.411. The smallest absolute Gasteiger partial charge is 0.242 e. The molecule has 1 aromatic carbocycles. The summed E-state index contributed by atoms with van der Waals surface area (Å²) in [5, 5.41) is 2.86. The number of piperidine rings is 1. The molecule has 1 unspecified atom stereocenters. The maximum atomic E-state index is 12.6. The van der Waals surface area contributed by atoms with E-state index in [1.165, 1.54) is 6.42 Å². The van der Waals surface area contributed by atoms with E-state index in [0.29, 0.717) is 32.4 Å². The predicted molar refractivity (Wildman–Crippen MR) is 103 cm³/mol. The summed E-state index contributed by atoms with van der Waals surface area (Å²) in [6, 6.07) is 9.19. The van der Waals surface area contributed by atoms with Gasteiger partial charge < -0.3 is 15.1 Å². The highest BCUT2D eigenvalue weighted by Crippen LogP contribution is 2.19. The summed E-state index contributed by atoms with van der Waals surface area (Å²) in [5.41, 5.74) is 0.959. The third kappa shape index (κ3) is 5.31. The molecule has 1 aromatic rings. The molecule has 3 amide bonds. The molecule has 0 bridgehead atoms. The highest BCUT2D eigenvalue weighted by molar-refractivity contribution is 5.89. The van der Waals surface area contributed by atoms with Gasteiger partial charge >= 0.3 is 0 Å². The second kappa shape index (κ2) is 9.53. The third-order valence-corrected chi connectivity index (χ3v) is 5.42. The maximum absolute atomic E-state index is 12.6. The van der Waals surface area contributed by atoms with E-state index in [1.807, 2.05) is 35.2 Å². The van der Waals surface area contributed by atoms with Gasteiger partial charge in [-0.3, -0.25) is 14.4 Å². The number of benzene rings is 1. The van der Waals surface area contributed by atoms with Gasteiger partial charge in [0, 0.05) is 32.6 Å². The molecule has 1 atom stereocenters. The minimum absolute atomic E-state index is 0.0109. The van der Waals surface area contributed by atoms with E-state index in [9.17, 15) is 14.4 Å². The zero-order valence-electron chi connectivity index (χ0n) is 15.9. The Labute approximate surface area is 160 Å². The summed E-state index contributed by atoms with van der Waals surface area (Å²) in [7, 11) is 0. The van der Waals surface area contributed by atoms with E-state index in [0.717, 1.165) is 37.9 Å². The lowest BCUT2D eigenvalue weighted by Gasteiger charge is -2.27. The Morgan fingerprint density at radius 3 is 2.41 bits per heavy atom. The first-order valence-electron chi connectivity index (χ1n) is 10.0. The lowest BCUT2D eigenvalue weighted by Crippen LogP contribution is -2.47. The number of carbonyl (C=O) groups is 3. The van der Waals surface area contributed by atoms with Crippen LogP contribution in [0.2, 0.25) is 0 Å². The molecule has 0 radical (unpaired) electrons. The van der Waals surface area contributed by atoms with Crippen LogP contribution in [-0.4, -0.2) is 59.7 Å². The number of likely N-dealkylation sites (tertiary alicyclic amines) is 2. The number of carbonyl (C=O) groups excluding carboxylic acids is 3. The average molecular weight is 371 g/mol. The van der Waals surface area contributed by atoms with Crippen LogP contribution in [0.15, 0.2) is 30.3 Å². The molecule has 0 aliphatic carbocycles. The SMILES string of the molecule is O=C(NCCC(=O)N1CCCCC1)C1CCCN1C(=O)Cc1ccccc1. The number of nitrogens with zero attached hydrogens (tertiary/aromatic N) is 2. The van der Waals surface area contributed by atoms with Gasteiger partial charge in [0.05, 0.1) is 6.42 Å². The van der Waals surface area contributed by atoms with E-state index in [2.05, 4.69) is 5.32 Å². The number of amides is 3. The van der Waals surface area contributed by atoms with Gasteiger partial charge in [-0.2, -0.15) is 0 Å². The Morgan fingerprint density at radius 1 is 0.926 bits per heavy atom. The standard InChI is InChI=1S/C21H29N3O3/c25-19(23-13-5-2-6-14-23)11-12-22-21(27)18-10-7-15-24(18)20(26)16-17-8-3-1-4-9-17/h1,3-4,8-9,18H,2,5-7,10-16H2,(H,22,27). The predicted octanol–water partition coefficient (Wildman–Crippen LogP) is 1.74. The molecular formula is C21H29N3O3. The lowest BCUT2D eigenvalue weighted by molar-refractivity contribution is -0.138. The van der Waals surface area contributed by atoms with E-state index >= 15 is 0 Å². The zero-order valence-corrected chi connectivity index (χ0v) is 15.9. The van der Waals surface area contributed by atoms with E-state index in [4.69, 9.17) is 0 Å². The Bertz CT molecular complexity index is 656. The molecular weight excluding hydrogens is 342 g/mol. The van der Waals surface area contributed by atoms with Crippen LogP contribution < -0.4 is 5.32 Å². The molecule has 0 saturated carbocycles. The Morgan fingerprint density at radius 2 is 1.67 bits per heavy atom. The molecule has 0 aromatic heterocycles. The van der Waals surface area contributed by atoms with Crippen LogP contribution in [0.5, 0.6) is 0 Å². The van der Waals surface area contributed by atoms with Crippen molar-refractivity contribution in [1.82, 2.24) is 15.1 Å². The molecule has 27 heavy (non-hydrogen) atoms. The van der Waals surface area contributed by atoms with Gasteiger partial charge in [0.15, 0.2) is 0 Å². The van der Waals surface area contributed by atoms with Gasteiger partial charge in [0.2, 0.25) is 17.7 Å². The van der Waals surface area contributed by atoms with Crippen molar-refractivity contribution in [1.29, 1.82) is 0 Å². The zero-order chi connectivity index (χ0) is 19.1. The largest absolute Gasteiger partial charge is 0.354 e. The first kappa shape index (κ1) is 19.4. The van der Waals surface area contributed by atoms with Crippen LogP contribution in [0.4, 0.5) is 0 Å². The van der Waals surface area contributed by atoms with E-state index < -0.39 is 6.04 Å². The van der Waals surface area contributed by atoms with E-state index in [1.54, 1.807) is 4.90 Å². The highest BCUT2D eigenvalue weighted by Gasteiger charge is 2.33. The average Bonchev–Trinajstić information content (AvgIpc) is 3.19. The Kier molecular flexibility index (Phi) is 6.85. The topological polar surface area (TPSA) is 69.7 Å². The molecule has 2 aliphatic heterocycles. The monoisotopic (exact) mass is 371 g/mol. The van der Waals surface area contributed by atoms with Crippen LogP contribution in [0, 0.1) is 0 Å². The van der Waals surface area contributed by atoms with Crippen molar-refractivity contribution in [3.05, 3.63) is 35.9 Å². The van der Waals surface area contributed by atoms with Crippen molar-refractivity contribution in [2.45, 2.75) is 51.0 Å². The fourth-order valence-corrected chi connectivity index (χ4v) is 3.92. The van der Waals surface area contributed by atoms with Gasteiger partial charge in [0.1, 0.15) is 6.04 Å². The van der Waals surface area contributed by atoms with E-state index in [-0.39, 0.29) is 17.7 Å². The molecule has 0 spiro atoms. The van der Waals surface area contributed by atoms with Crippen molar-refractivity contribution >= 4 is 17.7 Å². The van der Waals surface area contributed by atoms with Crippen LogP contribution >= 0.6 is 0 Å². The Hall–Kier alpha value is -2.37.